The van der Waals surface area contributed by atoms with Crippen LogP contribution in [0.1, 0.15) is 23.2 Å². The van der Waals surface area contributed by atoms with Crippen LogP contribution in [0.2, 0.25) is 5.02 Å². The first-order valence-corrected chi connectivity index (χ1v) is 8.10. The number of hydrogen-bond donors (Lipinski definition) is 1. The maximum absolute atomic E-state index is 6.04. The van der Waals surface area contributed by atoms with Gasteiger partial charge >= 0.3 is 0 Å². The third kappa shape index (κ3) is 3.01. The quantitative estimate of drug-likeness (QED) is 0.767. The normalized spacial score (nSPS) is 11.0. The topological polar surface area (TPSA) is 37.8 Å². The van der Waals surface area contributed by atoms with Gasteiger partial charge in [-0.1, -0.05) is 30.7 Å². The van der Waals surface area contributed by atoms with Gasteiger partial charge in [-0.15, -0.1) is 11.3 Å². The first-order valence-electron chi connectivity index (χ1n) is 6.91. The van der Waals surface area contributed by atoms with Crippen molar-refractivity contribution in [1.82, 2.24) is 9.97 Å². The van der Waals surface area contributed by atoms with Crippen molar-refractivity contribution in [1.29, 1.82) is 0 Å². The zero-order valence-corrected chi connectivity index (χ0v) is 13.6. The summed E-state index contributed by atoms with van der Waals surface area (Å²) in [4.78, 5) is 11.7. The van der Waals surface area contributed by atoms with Gasteiger partial charge in [0.15, 0.2) is 0 Å². The molecule has 0 aliphatic rings. The molecule has 0 amide bonds. The molecule has 1 aromatic carbocycles. The Morgan fingerprint density at radius 1 is 1.24 bits per heavy atom. The van der Waals surface area contributed by atoms with E-state index in [-0.39, 0.29) is 0 Å². The van der Waals surface area contributed by atoms with E-state index in [9.17, 15) is 0 Å². The average Bonchev–Trinajstić information content (AvgIpc) is 2.89. The van der Waals surface area contributed by atoms with E-state index in [4.69, 9.17) is 16.6 Å². The van der Waals surface area contributed by atoms with Crippen LogP contribution in [0.25, 0.3) is 10.2 Å². The lowest BCUT2D eigenvalue weighted by molar-refractivity contribution is 0.997. The Bertz CT molecular complexity index is 782. The number of hydrogen-bond acceptors (Lipinski definition) is 4. The lowest BCUT2D eigenvalue weighted by atomic mass is 10.1. The molecule has 0 spiro atoms. The van der Waals surface area contributed by atoms with E-state index in [0.29, 0.717) is 6.42 Å². The molecule has 0 unspecified atom stereocenters. The second-order valence-corrected chi connectivity index (χ2v) is 6.38. The molecule has 108 valence electrons. The van der Waals surface area contributed by atoms with Gasteiger partial charge in [0.1, 0.15) is 16.5 Å². The molecule has 0 atom stereocenters. The van der Waals surface area contributed by atoms with Crippen molar-refractivity contribution in [2.24, 2.45) is 0 Å². The monoisotopic (exact) mass is 317 g/mol. The summed E-state index contributed by atoms with van der Waals surface area (Å²) in [6.45, 7) is 2.16. The van der Waals surface area contributed by atoms with Crippen LogP contribution in [0.15, 0.2) is 30.3 Å². The van der Waals surface area contributed by atoms with E-state index in [1.165, 1.54) is 4.88 Å². The van der Waals surface area contributed by atoms with Crippen LogP contribution in [0, 0.1) is 0 Å². The van der Waals surface area contributed by atoms with Crippen LogP contribution in [0.3, 0.4) is 0 Å². The van der Waals surface area contributed by atoms with Crippen molar-refractivity contribution >= 4 is 39.0 Å². The van der Waals surface area contributed by atoms with Gasteiger partial charge in [-0.3, -0.25) is 0 Å². The molecule has 0 aliphatic carbocycles. The molecule has 2 aromatic heterocycles. The third-order valence-corrected chi connectivity index (χ3v) is 4.73. The van der Waals surface area contributed by atoms with Crippen LogP contribution in [-0.2, 0) is 12.8 Å². The summed E-state index contributed by atoms with van der Waals surface area (Å²) in [7, 11) is 1.90. The predicted octanol–water partition coefficient (Wildman–Crippen LogP) is 4.54. The van der Waals surface area contributed by atoms with Crippen LogP contribution in [0.5, 0.6) is 0 Å². The number of aryl methyl sites for hydroxylation is 1. The smallest absolute Gasteiger partial charge is 0.138 e. The van der Waals surface area contributed by atoms with Crippen molar-refractivity contribution in [3.63, 3.8) is 0 Å². The Labute approximate surface area is 133 Å². The Kier molecular flexibility index (Phi) is 4.08. The molecule has 0 aliphatic heterocycles. The van der Waals surface area contributed by atoms with E-state index in [2.05, 4.69) is 23.3 Å². The highest BCUT2D eigenvalue weighted by Gasteiger charge is 2.11. The number of aromatic nitrogens is 2. The number of nitrogens with one attached hydrogen (secondary N) is 1. The summed E-state index contributed by atoms with van der Waals surface area (Å²) >= 11 is 7.77. The molecule has 0 saturated heterocycles. The molecule has 0 fully saturated rings. The molecule has 1 N–H and O–H groups in total. The first kappa shape index (κ1) is 14.3. The van der Waals surface area contributed by atoms with Gasteiger partial charge in [0.25, 0.3) is 0 Å². The second-order valence-electron chi connectivity index (χ2n) is 4.83. The number of halogens is 1. The number of thiophene rings is 1. The van der Waals surface area contributed by atoms with E-state index in [1.807, 2.05) is 31.3 Å². The molecule has 0 radical (unpaired) electrons. The number of rotatable bonds is 4. The lowest BCUT2D eigenvalue weighted by Crippen LogP contribution is -2.01. The number of fused-ring (bicyclic) bond motifs is 1. The molecule has 0 saturated carbocycles. The van der Waals surface area contributed by atoms with Crippen molar-refractivity contribution < 1.29 is 0 Å². The Balaban J connectivity index is 2.02. The largest absolute Gasteiger partial charge is 0.372 e. The minimum absolute atomic E-state index is 0.685. The lowest BCUT2D eigenvalue weighted by Gasteiger charge is -2.05. The Morgan fingerprint density at radius 2 is 2.10 bits per heavy atom. The van der Waals surface area contributed by atoms with Crippen molar-refractivity contribution in [2.75, 3.05) is 12.4 Å². The molecule has 0 bridgehead atoms. The van der Waals surface area contributed by atoms with Gasteiger partial charge in [0, 0.05) is 23.4 Å². The van der Waals surface area contributed by atoms with Gasteiger partial charge in [-0.2, -0.15) is 0 Å². The fraction of sp³-hybridized carbons (Fsp3) is 0.250. The minimum atomic E-state index is 0.685. The van der Waals surface area contributed by atoms with Gasteiger partial charge in [-0.05, 0) is 30.2 Å². The van der Waals surface area contributed by atoms with Crippen molar-refractivity contribution in [3.8, 4) is 0 Å². The highest BCUT2D eigenvalue weighted by Crippen LogP contribution is 2.29. The second kappa shape index (κ2) is 6.00. The Morgan fingerprint density at radius 3 is 2.81 bits per heavy atom. The molecule has 3 rings (SSSR count). The molecular weight excluding hydrogens is 302 g/mol. The van der Waals surface area contributed by atoms with E-state index >= 15 is 0 Å². The summed E-state index contributed by atoms with van der Waals surface area (Å²) in [6, 6.07) is 10.0. The maximum Gasteiger partial charge on any atom is 0.138 e. The zero-order valence-electron chi connectivity index (χ0n) is 12.0. The molecule has 2 heterocycles. The van der Waals surface area contributed by atoms with Crippen molar-refractivity contribution in [3.05, 3.63) is 51.6 Å². The van der Waals surface area contributed by atoms with Crippen molar-refractivity contribution in [2.45, 2.75) is 19.8 Å². The van der Waals surface area contributed by atoms with Crippen LogP contribution in [-0.4, -0.2) is 17.0 Å². The van der Waals surface area contributed by atoms with E-state index < -0.39 is 0 Å². The van der Waals surface area contributed by atoms with E-state index in [1.54, 1.807) is 11.3 Å². The molecule has 3 nitrogen and oxygen atoms in total. The van der Waals surface area contributed by atoms with E-state index in [0.717, 1.165) is 38.9 Å². The highest BCUT2D eigenvalue weighted by atomic mass is 35.5. The summed E-state index contributed by atoms with van der Waals surface area (Å²) in [5, 5.41) is 5.02. The number of benzene rings is 1. The predicted molar refractivity (Wildman–Crippen MR) is 90.6 cm³/mol. The molecular formula is C16H16ClN3S. The minimum Gasteiger partial charge on any atom is -0.372 e. The van der Waals surface area contributed by atoms with Gasteiger partial charge < -0.3 is 5.32 Å². The maximum atomic E-state index is 6.04. The number of nitrogens with zero attached hydrogens (tertiary/aromatic N) is 2. The molecule has 3 aromatic rings. The van der Waals surface area contributed by atoms with Gasteiger partial charge in [-0.25, -0.2) is 9.97 Å². The zero-order chi connectivity index (χ0) is 14.8. The fourth-order valence-electron chi connectivity index (χ4n) is 2.29. The molecule has 5 heteroatoms. The fourth-order valence-corrected chi connectivity index (χ4v) is 3.49. The average molecular weight is 318 g/mol. The van der Waals surface area contributed by atoms with Crippen LogP contribution in [0.4, 0.5) is 5.82 Å². The summed E-state index contributed by atoms with van der Waals surface area (Å²) in [5.74, 6) is 1.71. The third-order valence-electron chi connectivity index (χ3n) is 3.33. The summed E-state index contributed by atoms with van der Waals surface area (Å²) in [5.41, 5.74) is 1.12. The summed E-state index contributed by atoms with van der Waals surface area (Å²) < 4.78 is 0. The highest BCUT2D eigenvalue weighted by molar-refractivity contribution is 7.18. The standard InChI is InChI=1S/C16H16ClN3S/c1-3-12-9-13-15(18-2)19-14(20-16(13)21-12)8-10-5-4-6-11(17)7-10/h4-7,9H,3,8H2,1-2H3,(H,18,19,20). The number of anilines is 1. The first-order chi connectivity index (χ1) is 10.2. The van der Waals surface area contributed by atoms with Gasteiger partial charge in [0.2, 0.25) is 0 Å². The van der Waals surface area contributed by atoms with Crippen LogP contribution >= 0.6 is 22.9 Å². The molecule has 21 heavy (non-hydrogen) atoms. The summed E-state index contributed by atoms with van der Waals surface area (Å²) in [6.07, 6.45) is 1.71. The Hall–Kier alpha value is -1.65. The van der Waals surface area contributed by atoms with Crippen LogP contribution < -0.4 is 5.32 Å². The van der Waals surface area contributed by atoms with Gasteiger partial charge in [0.05, 0.1) is 5.39 Å². The SMILES string of the molecule is CCc1cc2c(NC)nc(Cc3cccc(Cl)c3)nc2s1.